The fourth-order valence-corrected chi connectivity index (χ4v) is 3.42. The number of rotatable bonds is 7. The van der Waals surface area contributed by atoms with Crippen molar-refractivity contribution in [1.82, 2.24) is 4.72 Å². The minimum Gasteiger partial charge on any atom is -0.330 e. The lowest BCUT2D eigenvalue weighted by molar-refractivity contribution is 0.579. The summed E-state index contributed by atoms with van der Waals surface area (Å²) in [7, 11) is -3.17. The molecule has 0 saturated carbocycles. The van der Waals surface area contributed by atoms with E-state index in [9.17, 15) is 8.42 Å². The number of hydrogen-bond donors (Lipinski definition) is 2. The Morgan fingerprint density at radius 2 is 2.25 bits per heavy atom. The molecule has 0 spiro atoms. The van der Waals surface area contributed by atoms with Crippen LogP contribution in [0.4, 0.5) is 0 Å². The molecule has 0 unspecified atom stereocenters. The van der Waals surface area contributed by atoms with E-state index < -0.39 is 10.0 Å². The first kappa shape index (κ1) is 13.6. The Labute approximate surface area is 101 Å². The predicted octanol–water partition coefficient (Wildman–Crippen LogP) is 1.08. The highest BCUT2D eigenvalue weighted by Crippen LogP contribution is 2.17. The molecule has 0 aliphatic carbocycles. The summed E-state index contributed by atoms with van der Waals surface area (Å²) in [5, 5.41) is 1.99. The topological polar surface area (TPSA) is 72.2 Å². The molecule has 3 N–H and O–H groups in total. The third kappa shape index (κ3) is 4.21. The second kappa shape index (κ2) is 6.34. The van der Waals surface area contributed by atoms with Gasteiger partial charge < -0.3 is 5.73 Å². The summed E-state index contributed by atoms with van der Waals surface area (Å²) < 4.78 is 25.6. The van der Waals surface area contributed by atoms with Gasteiger partial charge in [0.2, 0.25) is 10.0 Å². The molecule has 0 amide bonds. The van der Waals surface area contributed by atoms with Gasteiger partial charge in [-0.15, -0.1) is 11.3 Å². The lowest BCUT2D eigenvalue weighted by Crippen LogP contribution is -2.27. The summed E-state index contributed by atoms with van der Waals surface area (Å²) in [5.41, 5.74) is 6.50. The van der Waals surface area contributed by atoms with Gasteiger partial charge in [-0.25, -0.2) is 13.1 Å². The molecule has 4 nitrogen and oxygen atoms in total. The highest BCUT2D eigenvalue weighted by Gasteiger charge is 2.10. The standard InChI is InChI=1S/C10H18N2O2S2/c1-2-9-4-6-15-10(9)8-12-16(13,14)7-3-5-11/h4,6,12H,2-3,5,7-8,11H2,1H3. The zero-order chi connectivity index (χ0) is 12.0. The normalized spacial score (nSPS) is 11.9. The Morgan fingerprint density at radius 3 is 2.88 bits per heavy atom. The largest absolute Gasteiger partial charge is 0.330 e. The Bertz CT molecular complexity index is 412. The van der Waals surface area contributed by atoms with Crippen molar-refractivity contribution in [1.29, 1.82) is 0 Å². The highest BCUT2D eigenvalue weighted by molar-refractivity contribution is 7.89. The molecule has 0 aliphatic heterocycles. The minimum absolute atomic E-state index is 0.107. The van der Waals surface area contributed by atoms with E-state index in [1.807, 2.05) is 11.4 Å². The van der Waals surface area contributed by atoms with E-state index in [1.54, 1.807) is 11.3 Å². The van der Waals surface area contributed by atoms with Crippen molar-refractivity contribution in [2.75, 3.05) is 12.3 Å². The van der Waals surface area contributed by atoms with Gasteiger partial charge in [0.1, 0.15) is 0 Å². The second-order valence-electron chi connectivity index (χ2n) is 3.50. The maximum absolute atomic E-state index is 11.5. The lowest BCUT2D eigenvalue weighted by Gasteiger charge is -2.06. The number of hydrogen-bond acceptors (Lipinski definition) is 4. The molecule has 0 aromatic carbocycles. The van der Waals surface area contributed by atoms with Crippen molar-refractivity contribution in [3.8, 4) is 0 Å². The van der Waals surface area contributed by atoms with Crippen LogP contribution in [0.2, 0.25) is 0 Å². The Morgan fingerprint density at radius 1 is 1.50 bits per heavy atom. The quantitative estimate of drug-likeness (QED) is 0.772. The molecule has 16 heavy (non-hydrogen) atoms. The molecule has 1 aromatic rings. The summed E-state index contributed by atoms with van der Waals surface area (Å²) >= 11 is 1.59. The monoisotopic (exact) mass is 262 g/mol. The van der Waals surface area contributed by atoms with Crippen molar-refractivity contribution in [3.63, 3.8) is 0 Å². The van der Waals surface area contributed by atoms with E-state index in [-0.39, 0.29) is 5.75 Å². The SMILES string of the molecule is CCc1ccsc1CNS(=O)(=O)CCCN. The van der Waals surface area contributed by atoms with Crippen molar-refractivity contribution in [2.45, 2.75) is 26.3 Å². The number of sulfonamides is 1. The maximum atomic E-state index is 11.5. The van der Waals surface area contributed by atoms with Crippen molar-refractivity contribution in [2.24, 2.45) is 5.73 Å². The number of aryl methyl sites for hydroxylation is 1. The first-order chi connectivity index (χ1) is 7.59. The zero-order valence-corrected chi connectivity index (χ0v) is 11.0. The predicted molar refractivity (Wildman–Crippen MR) is 68.0 cm³/mol. The van der Waals surface area contributed by atoms with E-state index in [4.69, 9.17) is 5.73 Å². The van der Waals surface area contributed by atoms with Crippen LogP contribution in [0.3, 0.4) is 0 Å². The van der Waals surface area contributed by atoms with E-state index in [0.29, 0.717) is 19.5 Å². The molecular weight excluding hydrogens is 244 g/mol. The first-order valence-electron chi connectivity index (χ1n) is 5.31. The van der Waals surface area contributed by atoms with Gasteiger partial charge in [-0.3, -0.25) is 0 Å². The van der Waals surface area contributed by atoms with Crippen LogP contribution in [0.25, 0.3) is 0 Å². The van der Waals surface area contributed by atoms with Crippen LogP contribution in [-0.4, -0.2) is 20.7 Å². The number of nitrogens with one attached hydrogen (secondary N) is 1. The molecule has 0 bridgehead atoms. The van der Waals surface area contributed by atoms with E-state index >= 15 is 0 Å². The molecule has 6 heteroatoms. The highest BCUT2D eigenvalue weighted by atomic mass is 32.2. The molecule has 0 saturated heterocycles. The Hall–Kier alpha value is -0.430. The molecule has 0 fully saturated rings. The van der Waals surface area contributed by atoms with E-state index in [2.05, 4.69) is 11.6 Å². The van der Waals surface area contributed by atoms with Crippen LogP contribution in [-0.2, 0) is 23.0 Å². The first-order valence-corrected chi connectivity index (χ1v) is 7.85. The van der Waals surface area contributed by atoms with Crippen LogP contribution in [0.5, 0.6) is 0 Å². The molecule has 92 valence electrons. The Kier molecular flexibility index (Phi) is 5.40. The average Bonchev–Trinajstić information content (AvgIpc) is 2.71. The van der Waals surface area contributed by atoms with Crippen molar-refractivity contribution >= 4 is 21.4 Å². The maximum Gasteiger partial charge on any atom is 0.211 e. The van der Waals surface area contributed by atoms with Gasteiger partial charge in [0.05, 0.1) is 5.75 Å². The molecule has 0 atom stereocenters. The van der Waals surface area contributed by atoms with Crippen molar-refractivity contribution in [3.05, 3.63) is 21.9 Å². The van der Waals surface area contributed by atoms with Crippen LogP contribution in [0.15, 0.2) is 11.4 Å². The summed E-state index contributed by atoms with van der Waals surface area (Å²) in [6.45, 7) is 2.86. The molecule has 1 rings (SSSR count). The van der Waals surface area contributed by atoms with Crippen LogP contribution >= 0.6 is 11.3 Å². The molecule has 1 heterocycles. The van der Waals surface area contributed by atoms with Gasteiger partial charge in [-0.2, -0.15) is 0 Å². The molecule has 0 aliphatic rings. The van der Waals surface area contributed by atoms with Gasteiger partial charge in [-0.05, 0) is 36.4 Å². The number of nitrogens with two attached hydrogens (primary N) is 1. The summed E-state index contributed by atoms with van der Waals surface area (Å²) in [5.74, 6) is 0.107. The summed E-state index contributed by atoms with van der Waals surface area (Å²) in [6.07, 6.45) is 1.43. The van der Waals surface area contributed by atoms with Gasteiger partial charge in [0.15, 0.2) is 0 Å². The van der Waals surface area contributed by atoms with Crippen molar-refractivity contribution < 1.29 is 8.42 Å². The van der Waals surface area contributed by atoms with Crippen LogP contribution in [0, 0.1) is 0 Å². The van der Waals surface area contributed by atoms with Gasteiger partial charge in [-0.1, -0.05) is 6.92 Å². The molecular formula is C10H18N2O2S2. The van der Waals surface area contributed by atoms with Gasteiger partial charge in [0, 0.05) is 11.4 Å². The van der Waals surface area contributed by atoms with E-state index in [0.717, 1.165) is 11.3 Å². The zero-order valence-electron chi connectivity index (χ0n) is 9.40. The third-order valence-electron chi connectivity index (χ3n) is 2.29. The van der Waals surface area contributed by atoms with Crippen LogP contribution < -0.4 is 10.5 Å². The third-order valence-corrected chi connectivity index (χ3v) is 4.66. The fourth-order valence-electron chi connectivity index (χ4n) is 1.36. The summed E-state index contributed by atoms with van der Waals surface area (Å²) in [4.78, 5) is 1.10. The molecule has 1 aromatic heterocycles. The van der Waals surface area contributed by atoms with Crippen LogP contribution in [0.1, 0.15) is 23.8 Å². The minimum atomic E-state index is -3.17. The molecule has 0 radical (unpaired) electrons. The lowest BCUT2D eigenvalue weighted by atomic mass is 10.2. The van der Waals surface area contributed by atoms with Gasteiger partial charge in [0.25, 0.3) is 0 Å². The van der Waals surface area contributed by atoms with E-state index in [1.165, 1.54) is 5.56 Å². The number of thiophene rings is 1. The summed E-state index contributed by atoms with van der Waals surface area (Å²) in [6, 6.07) is 2.04. The fraction of sp³-hybridized carbons (Fsp3) is 0.600. The van der Waals surface area contributed by atoms with Gasteiger partial charge >= 0.3 is 0 Å². The smallest absolute Gasteiger partial charge is 0.211 e. The average molecular weight is 262 g/mol. The Balaban J connectivity index is 2.51. The second-order valence-corrected chi connectivity index (χ2v) is 6.43.